The Morgan fingerprint density at radius 1 is 1.18 bits per heavy atom. The quantitative estimate of drug-likeness (QED) is 0.602. The van der Waals surface area contributed by atoms with Crippen LogP contribution in [0.4, 0.5) is 0 Å². The van der Waals surface area contributed by atoms with Crippen LogP contribution in [0.3, 0.4) is 0 Å². The molecule has 1 aromatic carbocycles. The minimum atomic E-state index is 0. The number of halogens is 1. The van der Waals surface area contributed by atoms with Gasteiger partial charge in [-0.15, -0.1) is 0 Å². The fourth-order valence-electron chi connectivity index (χ4n) is 0.929. The molecule has 1 heterocycles. The van der Waals surface area contributed by atoms with Crippen molar-refractivity contribution in [3.63, 3.8) is 0 Å². The van der Waals surface area contributed by atoms with Crippen LogP contribution in [0, 0.1) is 0 Å². The van der Waals surface area contributed by atoms with E-state index in [0.29, 0.717) is 0 Å². The zero-order chi connectivity index (χ0) is 6.97. The molecular weight excluding hydrogens is 199 g/mol. The molecule has 0 aliphatic rings. The molecular formula is C8H6BrLiO. The van der Waals surface area contributed by atoms with Crippen molar-refractivity contribution in [3.8, 4) is 0 Å². The van der Waals surface area contributed by atoms with E-state index in [2.05, 4.69) is 15.9 Å². The van der Waals surface area contributed by atoms with Gasteiger partial charge in [0.1, 0.15) is 5.58 Å². The van der Waals surface area contributed by atoms with Crippen molar-refractivity contribution in [2.45, 2.75) is 0 Å². The third-order valence-corrected chi connectivity index (χ3v) is 1.91. The second kappa shape index (κ2) is 3.49. The third-order valence-electron chi connectivity index (χ3n) is 1.42. The molecule has 0 aliphatic heterocycles. The molecule has 52 valence electrons. The van der Waals surface area contributed by atoms with E-state index in [1.165, 1.54) is 0 Å². The Morgan fingerprint density at radius 2 is 2.00 bits per heavy atom. The summed E-state index contributed by atoms with van der Waals surface area (Å²) in [6, 6.07) is 7.91. The summed E-state index contributed by atoms with van der Waals surface area (Å²) in [4.78, 5) is 0. The Morgan fingerprint density at radius 3 is 2.82 bits per heavy atom. The first-order valence-corrected chi connectivity index (χ1v) is 3.78. The van der Waals surface area contributed by atoms with Gasteiger partial charge in [0.05, 0.1) is 6.26 Å². The molecule has 2 rings (SSSR count). The van der Waals surface area contributed by atoms with Crippen LogP contribution in [0.25, 0.3) is 11.0 Å². The fraction of sp³-hybridized carbons (Fsp3) is 0. The van der Waals surface area contributed by atoms with Crippen LogP contribution >= 0.6 is 15.9 Å². The number of hydrogen-bond donors (Lipinski definition) is 0. The second-order valence-corrected chi connectivity index (χ2v) is 3.02. The SMILES string of the molecule is Brc1ccc2ccoc2c1.[LiH]. The molecule has 0 bridgehead atoms. The van der Waals surface area contributed by atoms with Crippen LogP contribution in [0.2, 0.25) is 0 Å². The van der Waals surface area contributed by atoms with E-state index in [4.69, 9.17) is 4.42 Å². The first-order chi connectivity index (χ1) is 4.86. The topological polar surface area (TPSA) is 13.1 Å². The standard InChI is InChI=1S/C8H5BrO.Li.H/c9-7-2-1-6-3-4-10-8(6)5-7;;/h1-5H;;. The number of benzene rings is 1. The van der Waals surface area contributed by atoms with Crippen LogP contribution < -0.4 is 0 Å². The maximum atomic E-state index is 5.17. The zero-order valence-corrected chi connectivity index (χ0v) is 6.76. The molecule has 0 saturated heterocycles. The van der Waals surface area contributed by atoms with E-state index in [9.17, 15) is 0 Å². The molecule has 0 atom stereocenters. The van der Waals surface area contributed by atoms with Gasteiger partial charge in [-0.1, -0.05) is 22.0 Å². The molecule has 1 nitrogen and oxygen atoms in total. The molecule has 0 N–H and O–H groups in total. The predicted octanol–water partition coefficient (Wildman–Crippen LogP) is 2.55. The predicted molar refractivity (Wildman–Crippen MR) is 51.1 cm³/mol. The summed E-state index contributed by atoms with van der Waals surface area (Å²) in [6.45, 7) is 0. The van der Waals surface area contributed by atoms with Crippen LogP contribution in [0.5, 0.6) is 0 Å². The number of rotatable bonds is 0. The van der Waals surface area contributed by atoms with Crippen molar-refractivity contribution in [2.24, 2.45) is 0 Å². The minimum absolute atomic E-state index is 0. The average Bonchev–Trinajstić information content (AvgIpc) is 2.33. The first kappa shape index (κ1) is 8.93. The number of fused-ring (bicyclic) bond motifs is 1. The van der Waals surface area contributed by atoms with Crippen molar-refractivity contribution < 1.29 is 4.42 Å². The summed E-state index contributed by atoms with van der Waals surface area (Å²) in [7, 11) is 0. The van der Waals surface area contributed by atoms with Crippen LogP contribution in [0.15, 0.2) is 39.4 Å². The Kier molecular flexibility index (Phi) is 2.83. The summed E-state index contributed by atoms with van der Waals surface area (Å²) in [5.41, 5.74) is 0.925. The maximum absolute atomic E-state index is 5.17. The Hall–Kier alpha value is -0.163. The molecule has 0 aliphatic carbocycles. The Balaban J connectivity index is 0.000000605. The summed E-state index contributed by atoms with van der Waals surface area (Å²) in [6.07, 6.45) is 1.69. The molecule has 2 aromatic rings. The van der Waals surface area contributed by atoms with Gasteiger partial charge in [-0.3, -0.25) is 0 Å². The molecule has 0 saturated carbocycles. The van der Waals surface area contributed by atoms with Gasteiger partial charge < -0.3 is 4.42 Å². The van der Waals surface area contributed by atoms with E-state index in [1.54, 1.807) is 6.26 Å². The van der Waals surface area contributed by atoms with Crippen LogP contribution in [0.1, 0.15) is 0 Å². The molecule has 0 spiro atoms. The van der Waals surface area contributed by atoms with E-state index < -0.39 is 0 Å². The van der Waals surface area contributed by atoms with E-state index in [-0.39, 0.29) is 18.9 Å². The molecule has 1 aromatic heterocycles. The normalized spacial score (nSPS) is 9.55. The van der Waals surface area contributed by atoms with Gasteiger partial charge in [0, 0.05) is 9.86 Å². The van der Waals surface area contributed by atoms with Gasteiger partial charge in [0.2, 0.25) is 0 Å². The van der Waals surface area contributed by atoms with Gasteiger partial charge in [0.25, 0.3) is 0 Å². The van der Waals surface area contributed by atoms with E-state index in [0.717, 1.165) is 15.4 Å². The van der Waals surface area contributed by atoms with Gasteiger partial charge in [-0.05, 0) is 18.2 Å². The van der Waals surface area contributed by atoms with Crippen molar-refractivity contribution in [1.29, 1.82) is 0 Å². The third kappa shape index (κ3) is 1.70. The van der Waals surface area contributed by atoms with Crippen molar-refractivity contribution in [3.05, 3.63) is 35.0 Å². The van der Waals surface area contributed by atoms with E-state index in [1.807, 2.05) is 24.3 Å². The van der Waals surface area contributed by atoms with Crippen molar-refractivity contribution in [2.75, 3.05) is 0 Å². The molecule has 0 radical (unpaired) electrons. The molecule has 0 unspecified atom stereocenters. The summed E-state index contributed by atoms with van der Waals surface area (Å²) >= 11 is 3.36. The molecule has 11 heavy (non-hydrogen) atoms. The second-order valence-electron chi connectivity index (χ2n) is 2.10. The molecule has 0 amide bonds. The Bertz CT molecular complexity index is 356. The summed E-state index contributed by atoms with van der Waals surface area (Å²) < 4.78 is 6.22. The Labute approximate surface area is 85.1 Å². The van der Waals surface area contributed by atoms with Crippen LogP contribution in [-0.4, -0.2) is 18.9 Å². The summed E-state index contributed by atoms with van der Waals surface area (Å²) in [5.74, 6) is 0. The van der Waals surface area contributed by atoms with Gasteiger partial charge in [-0.2, -0.15) is 0 Å². The number of hydrogen-bond acceptors (Lipinski definition) is 1. The van der Waals surface area contributed by atoms with Crippen molar-refractivity contribution in [1.82, 2.24) is 0 Å². The average molecular weight is 205 g/mol. The monoisotopic (exact) mass is 204 g/mol. The van der Waals surface area contributed by atoms with Crippen LogP contribution in [-0.2, 0) is 0 Å². The molecule has 0 fully saturated rings. The molecule has 3 heteroatoms. The zero-order valence-electron chi connectivity index (χ0n) is 5.17. The van der Waals surface area contributed by atoms with Gasteiger partial charge >= 0.3 is 18.9 Å². The number of furan rings is 1. The first-order valence-electron chi connectivity index (χ1n) is 2.99. The fourth-order valence-corrected chi connectivity index (χ4v) is 1.27. The summed E-state index contributed by atoms with van der Waals surface area (Å²) in [5, 5.41) is 1.14. The van der Waals surface area contributed by atoms with Gasteiger partial charge in [-0.25, -0.2) is 0 Å². The van der Waals surface area contributed by atoms with Crippen molar-refractivity contribution >= 4 is 45.8 Å². The van der Waals surface area contributed by atoms with E-state index >= 15 is 0 Å². The van der Waals surface area contributed by atoms with Gasteiger partial charge in [0.15, 0.2) is 0 Å².